The van der Waals surface area contributed by atoms with Crippen LogP contribution in [0.15, 0.2) is 58.3 Å². The van der Waals surface area contributed by atoms with Gasteiger partial charge in [0.2, 0.25) is 0 Å². The number of amides is 1. The van der Waals surface area contributed by atoms with Crippen molar-refractivity contribution < 1.29 is 27.1 Å². The number of hydrogen-bond donors (Lipinski definition) is 2. The predicted octanol–water partition coefficient (Wildman–Crippen LogP) is 4.38. The van der Waals surface area contributed by atoms with Crippen molar-refractivity contribution in [2.24, 2.45) is 0 Å². The predicted molar refractivity (Wildman–Crippen MR) is 132 cm³/mol. The zero-order valence-corrected chi connectivity index (χ0v) is 21.3. The molecule has 1 atom stereocenters. The Morgan fingerprint density at radius 2 is 1.68 bits per heavy atom. The Kier molecular flexibility index (Phi) is 6.73. The fraction of sp³-hybridized carbons (Fsp3) is 0.458. The number of fused-ring (bicyclic) bond motifs is 1. The van der Waals surface area contributed by atoms with Gasteiger partial charge in [-0.15, -0.1) is 0 Å². The normalized spacial score (nSPS) is 21.7. The summed E-state index contributed by atoms with van der Waals surface area (Å²) in [6.07, 6.45) is -0.337. The van der Waals surface area contributed by atoms with Crippen molar-refractivity contribution in [1.82, 2.24) is 9.80 Å². The van der Waals surface area contributed by atoms with Crippen molar-refractivity contribution in [2.75, 3.05) is 31.9 Å². The van der Waals surface area contributed by atoms with Crippen LogP contribution in [0.5, 0.6) is 0 Å². The topological polar surface area (TPSA) is 107 Å². The molecule has 0 saturated carbocycles. The van der Waals surface area contributed by atoms with Crippen molar-refractivity contribution in [3.05, 3.63) is 59.7 Å². The largest absolute Gasteiger partial charge is 0.444 e. The second-order valence-electron chi connectivity index (χ2n) is 9.75. The number of piperazine rings is 1. The molecule has 0 radical (unpaired) electrons. The highest BCUT2D eigenvalue weighted by Gasteiger charge is 2.44. The molecule has 0 aliphatic carbocycles. The molecule has 0 spiro atoms. The summed E-state index contributed by atoms with van der Waals surface area (Å²) in [6, 6.07) is 13.4. The van der Waals surface area contributed by atoms with Crippen molar-refractivity contribution in [3.8, 4) is 0 Å². The van der Waals surface area contributed by atoms with Gasteiger partial charge in [-0.1, -0.05) is 30.3 Å². The molecule has 4 rings (SSSR count). The molecule has 2 aromatic rings. The van der Waals surface area contributed by atoms with E-state index in [1.165, 1.54) is 12.1 Å². The highest BCUT2D eigenvalue weighted by Crippen LogP contribution is 2.62. The van der Waals surface area contributed by atoms with Crippen molar-refractivity contribution in [1.29, 1.82) is 0 Å². The molecule has 1 fully saturated rings. The first-order valence-corrected chi connectivity index (χ1v) is 14.5. The highest BCUT2D eigenvalue weighted by molar-refractivity contribution is 8.25. The van der Waals surface area contributed by atoms with Crippen LogP contribution in [0.2, 0.25) is 0 Å². The van der Waals surface area contributed by atoms with Gasteiger partial charge in [0.05, 0.1) is 15.5 Å². The first-order valence-electron chi connectivity index (χ1n) is 11.3. The van der Waals surface area contributed by atoms with Crippen LogP contribution >= 0.6 is 10.6 Å². The summed E-state index contributed by atoms with van der Waals surface area (Å²) >= 11 is 0. The molecule has 0 aromatic heterocycles. The fourth-order valence-electron chi connectivity index (χ4n) is 4.44. The van der Waals surface area contributed by atoms with E-state index in [0.29, 0.717) is 43.2 Å². The Morgan fingerprint density at radius 1 is 1.03 bits per heavy atom. The zero-order chi connectivity index (χ0) is 24.7. The average molecular weight is 509 g/mol. The first kappa shape index (κ1) is 25.0. The van der Waals surface area contributed by atoms with E-state index in [1.54, 1.807) is 35.2 Å². The van der Waals surface area contributed by atoms with Gasteiger partial charge < -0.3 is 9.64 Å². The van der Waals surface area contributed by atoms with Gasteiger partial charge in [-0.25, -0.2) is 13.2 Å². The number of carbonyl (C=O) groups is 1. The number of rotatable bonds is 4. The molecule has 1 amide bonds. The minimum absolute atomic E-state index is 0.170. The lowest BCUT2D eigenvalue weighted by Gasteiger charge is -2.36. The van der Waals surface area contributed by atoms with E-state index in [2.05, 4.69) is 4.90 Å². The lowest BCUT2D eigenvalue weighted by atomic mass is 10.0. The van der Waals surface area contributed by atoms with E-state index >= 15 is 0 Å². The molecule has 2 N–H and O–H groups in total. The van der Waals surface area contributed by atoms with Crippen LogP contribution < -0.4 is 0 Å². The quantitative estimate of drug-likeness (QED) is 0.631. The number of nitrogens with zero attached hydrogens (tertiary/aromatic N) is 2. The second kappa shape index (κ2) is 9.16. The molecule has 186 valence electrons. The molecule has 0 bridgehead atoms. The second-order valence-corrected chi connectivity index (χ2v) is 14.0. The van der Waals surface area contributed by atoms with E-state index < -0.39 is 31.3 Å². The Labute approximate surface area is 202 Å². The van der Waals surface area contributed by atoms with Gasteiger partial charge in [0.15, 0.2) is 9.84 Å². The fourth-order valence-corrected chi connectivity index (χ4v) is 8.94. The molecular weight excluding hydrogens is 476 g/mol. The Hall–Kier alpha value is -2.11. The third-order valence-electron chi connectivity index (χ3n) is 6.08. The minimum Gasteiger partial charge on any atom is -0.444 e. The van der Waals surface area contributed by atoms with Gasteiger partial charge in [0.25, 0.3) is 0 Å². The van der Waals surface area contributed by atoms with Crippen LogP contribution in [0.25, 0.3) is 0 Å². The maximum Gasteiger partial charge on any atom is 0.410 e. The molecule has 10 heteroatoms. The lowest BCUT2D eigenvalue weighted by Crippen LogP contribution is -2.49. The molecule has 2 heterocycles. The lowest BCUT2D eigenvalue weighted by molar-refractivity contribution is 0.0138. The van der Waals surface area contributed by atoms with Gasteiger partial charge in [-0.2, -0.15) is 10.6 Å². The standard InChI is InChI=1S/C24H32N2O6S2/c1-24(2,3)32-23(27)26-14-12-25(13-15-26)16-18-8-7-11-20-22(18)21(17-33(20,28)29)34(30,31)19-9-5-4-6-10-19/h4-11,21,28-29H,12-17H2,1-3H3. The Bertz CT molecular complexity index is 1150. The zero-order valence-electron chi connectivity index (χ0n) is 19.7. The van der Waals surface area contributed by atoms with Crippen LogP contribution in [0.1, 0.15) is 37.1 Å². The maximum atomic E-state index is 13.5. The van der Waals surface area contributed by atoms with E-state index in [1.807, 2.05) is 26.8 Å². The summed E-state index contributed by atoms with van der Waals surface area (Å²) in [5.74, 6) is -0.233. The van der Waals surface area contributed by atoms with Gasteiger partial charge in [0, 0.05) is 32.7 Å². The van der Waals surface area contributed by atoms with E-state index in [4.69, 9.17) is 4.74 Å². The highest BCUT2D eigenvalue weighted by atomic mass is 32.3. The molecule has 2 aliphatic rings. The Balaban J connectivity index is 1.56. The van der Waals surface area contributed by atoms with E-state index in [0.717, 1.165) is 5.56 Å². The maximum absolute atomic E-state index is 13.5. The molecule has 8 nitrogen and oxygen atoms in total. The SMILES string of the molecule is CC(C)(C)OC(=O)N1CCN(Cc2cccc3c2C(S(=O)(=O)c2ccccc2)CS3(O)O)CC1. The van der Waals surface area contributed by atoms with Gasteiger partial charge in [-0.3, -0.25) is 14.0 Å². The van der Waals surface area contributed by atoms with Gasteiger partial charge in [0.1, 0.15) is 10.9 Å². The van der Waals surface area contributed by atoms with Crippen molar-refractivity contribution in [3.63, 3.8) is 0 Å². The summed E-state index contributed by atoms with van der Waals surface area (Å²) < 4.78 is 53.9. The molecular formula is C24H32N2O6S2. The van der Waals surface area contributed by atoms with Crippen LogP contribution in [0, 0.1) is 0 Å². The third-order valence-corrected chi connectivity index (χ3v) is 10.2. The minimum atomic E-state index is -3.81. The molecule has 1 unspecified atom stereocenters. The average Bonchev–Trinajstić information content (AvgIpc) is 3.06. The van der Waals surface area contributed by atoms with Crippen LogP contribution in [-0.4, -0.2) is 70.9 Å². The van der Waals surface area contributed by atoms with Gasteiger partial charge >= 0.3 is 6.09 Å². The van der Waals surface area contributed by atoms with Crippen LogP contribution in [0.3, 0.4) is 0 Å². The summed E-state index contributed by atoms with van der Waals surface area (Å²) in [6.45, 7) is 8.19. The van der Waals surface area contributed by atoms with Crippen LogP contribution in [-0.2, 0) is 21.1 Å². The Morgan fingerprint density at radius 3 is 2.29 bits per heavy atom. The third kappa shape index (κ3) is 5.11. The van der Waals surface area contributed by atoms with E-state index in [-0.39, 0.29) is 16.7 Å². The number of ether oxygens (including phenoxy) is 1. The van der Waals surface area contributed by atoms with E-state index in [9.17, 15) is 22.3 Å². The molecule has 1 saturated heterocycles. The molecule has 34 heavy (non-hydrogen) atoms. The number of sulfone groups is 1. The number of carbonyl (C=O) groups excluding carboxylic acids is 1. The van der Waals surface area contributed by atoms with Crippen molar-refractivity contribution >= 4 is 26.5 Å². The number of benzene rings is 2. The first-order chi connectivity index (χ1) is 15.9. The van der Waals surface area contributed by atoms with Crippen molar-refractivity contribution in [2.45, 2.75) is 48.0 Å². The molecule has 2 aliphatic heterocycles. The monoisotopic (exact) mass is 508 g/mol. The smallest absolute Gasteiger partial charge is 0.410 e. The summed E-state index contributed by atoms with van der Waals surface area (Å²) in [4.78, 5) is 16.7. The summed E-state index contributed by atoms with van der Waals surface area (Å²) in [7, 11) is -7.02. The summed E-state index contributed by atoms with van der Waals surface area (Å²) in [5, 5.41) is -1.02. The molecule has 2 aromatic carbocycles. The van der Waals surface area contributed by atoms with Gasteiger partial charge in [-0.05, 0) is 50.1 Å². The van der Waals surface area contributed by atoms with Crippen LogP contribution in [0.4, 0.5) is 4.79 Å². The summed E-state index contributed by atoms with van der Waals surface area (Å²) in [5.41, 5.74) is 0.715. The number of hydrogen-bond acceptors (Lipinski definition) is 7.